The number of carbonyl (C=O) groups excluding carboxylic acids is 3. The van der Waals surface area contributed by atoms with Crippen molar-refractivity contribution in [1.29, 1.82) is 0 Å². The highest BCUT2D eigenvalue weighted by molar-refractivity contribution is 6.07. The molecule has 0 unspecified atom stereocenters. The Morgan fingerprint density at radius 1 is 1.03 bits per heavy atom. The molecule has 0 aromatic heterocycles. The summed E-state index contributed by atoms with van der Waals surface area (Å²) in [5.41, 5.74) is -2.94. The van der Waals surface area contributed by atoms with Gasteiger partial charge in [0.15, 0.2) is 0 Å². The van der Waals surface area contributed by atoms with Gasteiger partial charge in [-0.25, -0.2) is 4.39 Å². The van der Waals surface area contributed by atoms with Crippen LogP contribution in [0, 0.1) is 11.2 Å². The Kier molecular flexibility index (Phi) is 8.34. The van der Waals surface area contributed by atoms with Crippen LogP contribution in [-0.2, 0) is 14.4 Å². The second-order valence-corrected chi connectivity index (χ2v) is 8.68. The zero-order valence-corrected chi connectivity index (χ0v) is 19.5. The van der Waals surface area contributed by atoms with Gasteiger partial charge in [0.1, 0.15) is 35.7 Å². The van der Waals surface area contributed by atoms with E-state index in [0.717, 1.165) is 26.0 Å². The van der Waals surface area contributed by atoms with E-state index in [-0.39, 0.29) is 17.1 Å². The first kappa shape index (κ1) is 30.0. The predicted octanol–water partition coefficient (Wildman–Crippen LogP) is 3.72. The highest BCUT2D eigenvalue weighted by atomic mass is 19.4. The molecule has 1 aliphatic heterocycles. The lowest BCUT2D eigenvalue weighted by molar-refractivity contribution is -0.278. The largest absolute Gasteiger partial charge is 0.486 e. The van der Waals surface area contributed by atoms with Gasteiger partial charge in [-0.2, -0.15) is 35.1 Å². The van der Waals surface area contributed by atoms with Gasteiger partial charge in [0.25, 0.3) is 5.91 Å². The molecule has 0 bridgehead atoms. The molecule has 1 aliphatic rings. The van der Waals surface area contributed by atoms with Crippen LogP contribution in [0.1, 0.15) is 27.2 Å². The van der Waals surface area contributed by atoms with Crippen molar-refractivity contribution >= 4 is 23.4 Å². The van der Waals surface area contributed by atoms with Gasteiger partial charge in [0.2, 0.25) is 11.8 Å². The average Bonchev–Trinajstić information content (AvgIpc) is 2.85. The molecule has 0 saturated heterocycles. The Morgan fingerprint density at radius 3 is 2.14 bits per heavy atom. The summed E-state index contributed by atoms with van der Waals surface area (Å²) in [7, 11) is 0. The number of amides is 3. The summed E-state index contributed by atoms with van der Waals surface area (Å²) >= 11 is 0. The minimum atomic E-state index is -5.98. The first-order valence-corrected chi connectivity index (χ1v) is 10.6. The van der Waals surface area contributed by atoms with Gasteiger partial charge in [-0.3, -0.25) is 19.3 Å². The summed E-state index contributed by atoms with van der Waals surface area (Å²) in [5.74, 6) is -11.0. The van der Waals surface area contributed by atoms with Gasteiger partial charge in [-0.15, -0.1) is 0 Å². The molecule has 16 heteroatoms. The molecule has 208 valence electrons. The third kappa shape index (κ3) is 6.77. The van der Waals surface area contributed by atoms with E-state index in [1.165, 1.54) is 12.2 Å². The number of benzene rings is 1. The highest BCUT2D eigenvalue weighted by Gasteiger charge is 2.58. The summed E-state index contributed by atoms with van der Waals surface area (Å²) in [4.78, 5) is 38.4. The van der Waals surface area contributed by atoms with Crippen LogP contribution in [0.15, 0.2) is 18.2 Å². The number of ether oxygens (including phenoxy) is 1. The van der Waals surface area contributed by atoms with Crippen molar-refractivity contribution in [1.82, 2.24) is 10.6 Å². The second kappa shape index (κ2) is 10.3. The number of rotatable bonds is 7. The molecule has 1 aromatic carbocycles. The molecule has 3 amide bonds. The molecular weight excluding hydrogens is 529 g/mol. The number of hydrogen-bond acceptors (Lipinski definition) is 4. The van der Waals surface area contributed by atoms with Gasteiger partial charge < -0.3 is 15.4 Å². The molecule has 0 radical (unpaired) electrons. The normalized spacial score (nSPS) is 19.0. The van der Waals surface area contributed by atoms with Crippen LogP contribution in [0.2, 0.25) is 0 Å². The van der Waals surface area contributed by atoms with E-state index in [0.29, 0.717) is 6.07 Å². The lowest BCUT2D eigenvalue weighted by Gasteiger charge is -2.31. The van der Waals surface area contributed by atoms with Gasteiger partial charge in [-0.1, -0.05) is 6.92 Å². The number of anilines is 1. The summed E-state index contributed by atoms with van der Waals surface area (Å²) in [6, 6.07) is 0.588. The Hall–Kier alpha value is -3.20. The van der Waals surface area contributed by atoms with E-state index in [9.17, 15) is 53.9 Å². The maximum atomic E-state index is 13.8. The van der Waals surface area contributed by atoms with Crippen molar-refractivity contribution in [3.05, 3.63) is 24.0 Å². The fourth-order valence-corrected chi connectivity index (χ4v) is 3.23. The molecule has 7 nitrogen and oxygen atoms in total. The molecule has 1 heterocycles. The molecule has 0 saturated carbocycles. The number of nitrogens with zero attached hydrogens (tertiary/aromatic N) is 1. The first-order chi connectivity index (χ1) is 16.7. The number of hydrogen-bond donors (Lipinski definition) is 2. The fraction of sp³-hybridized carbons (Fsp3) is 0.571. The van der Waals surface area contributed by atoms with E-state index in [4.69, 9.17) is 4.74 Å². The molecule has 0 aliphatic carbocycles. The summed E-state index contributed by atoms with van der Waals surface area (Å²) in [6.45, 7) is -0.967. The van der Waals surface area contributed by atoms with Crippen molar-refractivity contribution in [2.24, 2.45) is 5.41 Å². The van der Waals surface area contributed by atoms with Crippen LogP contribution in [0.25, 0.3) is 0 Å². The number of alkyl halides is 8. The predicted molar refractivity (Wildman–Crippen MR) is 109 cm³/mol. The van der Waals surface area contributed by atoms with Crippen LogP contribution in [0.5, 0.6) is 5.75 Å². The number of halogens is 9. The Bertz CT molecular complexity index is 1040. The monoisotopic (exact) mass is 551 g/mol. The van der Waals surface area contributed by atoms with E-state index < -0.39 is 78.2 Å². The smallest absolute Gasteiger partial charge is 0.455 e. The molecule has 0 spiro atoms. The van der Waals surface area contributed by atoms with E-state index >= 15 is 0 Å². The van der Waals surface area contributed by atoms with Crippen molar-refractivity contribution in [3.63, 3.8) is 0 Å². The number of carbonyl (C=O) groups is 3. The summed E-state index contributed by atoms with van der Waals surface area (Å²) in [5, 5.41) is 3.35. The maximum Gasteiger partial charge on any atom is 0.455 e. The van der Waals surface area contributed by atoms with Crippen LogP contribution in [0.3, 0.4) is 0 Å². The molecule has 1 aromatic rings. The molecule has 2 atom stereocenters. The minimum absolute atomic E-state index is 0.0855. The maximum absolute atomic E-state index is 13.8. The lowest BCUT2D eigenvalue weighted by atomic mass is 9.90. The van der Waals surface area contributed by atoms with E-state index in [1.807, 2.05) is 5.32 Å². The average molecular weight is 551 g/mol. The number of nitrogens with one attached hydrogen (secondary N) is 2. The zero-order valence-electron chi connectivity index (χ0n) is 19.5. The summed E-state index contributed by atoms with van der Waals surface area (Å²) < 4.78 is 123. The lowest BCUT2D eigenvalue weighted by Crippen LogP contribution is -2.60. The Balaban J connectivity index is 2.35. The van der Waals surface area contributed by atoms with Crippen molar-refractivity contribution in [2.75, 3.05) is 18.0 Å². The SMILES string of the molecule is CC[C@H]1Oc2ccc(F)cc2N(CC(F)(F)F)C(=O)[C@H]1NC(=O)C(C)(C)C(=O)NCC(F)(F)C(F)(F)F. The molecule has 37 heavy (non-hydrogen) atoms. The Morgan fingerprint density at radius 2 is 1.62 bits per heavy atom. The Labute approximate surface area is 204 Å². The van der Waals surface area contributed by atoms with Crippen molar-refractivity contribution < 1.29 is 58.6 Å². The highest BCUT2D eigenvalue weighted by Crippen LogP contribution is 2.37. The molecule has 2 N–H and O–H groups in total. The van der Waals surface area contributed by atoms with Gasteiger partial charge in [0, 0.05) is 6.07 Å². The molecule has 0 fully saturated rings. The molecule has 2 rings (SSSR count). The van der Waals surface area contributed by atoms with Crippen LogP contribution >= 0.6 is 0 Å². The first-order valence-electron chi connectivity index (χ1n) is 10.6. The number of fused-ring (bicyclic) bond motifs is 1. The standard InChI is InChI=1S/C21H22F9N3O4/c1-4-12-14(32-17(36)18(2,3)16(35)31-8-19(23,24)21(28,29)30)15(34)33(9-20(25,26)27)11-7-10(22)5-6-13(11)37-12/h5-7,12,14H,4,8-9H2,1-3H3,(H,31,35)(H,32,36)/t12-,14+/m1/s1. The van der Waals surface area contributed by atoms with Gasteiger partial charge >= 0.3 is 18.3 Å². The van der Waals surface area contributed by atoms with Crippen LogP contribution in [0.4, 0.5) is 45.2 Å². The third-order valence-electron chi connectivity index (χ3n) is 5.44. The minimum Gasteiger partial charge on any atom is -0.486 e. The van der Waals surface area contributed by atoms with E-state index in [2.05, 4.69) is 0 Å². The second-order valence-electron chi connectivity index (χ2n) is 8.68. The zero-order chi connectivity index (χ0) is 28.6. The summed E-state index contributed by atoms with van der Waals surface area (Å²) in [6.07, 6.45) is -12.4. The topological polar surface area (TPSA) is 87.7 Å². The van der Waals surface area contributed by atoms with Crippen molar-refractivity contribution in [2.45, 2.75) is 57.6 Å². The van der Waals surface area contributed by atoms with Crippen LogP contribution < -0.4 is 20.3 Å². The van der Waals surface area contributed by atoms with Crippen molar-refractivity contribution in [3.8, 4) is 5.75 Å². The van der Waals surface area contributed by atoms with Gasteiger partial charge in [-0.05, 0) is 32.4 Å². The fourth-order valence-electron chi connectivity index (χ4n) is 3.23. The quantitative estimate of drug-likeness (QED) is 0.400. The third-order valence-corrected chi connectivity index (χ3v) is 5.44. The molecular formula is C21H22F9N3O4. The van der Waals surface area contributed by atoms with Gasteiger partial charge in [0.05, 0.1) is 12.2 Å². The van der Waals surface area contributed by atoms with Crippen LogP contribution in [-0.4, -0.2) is 61.2 Å². The van der Waals surface area contributed by atoms with E-state index in [1.54, 1.807) is 0 Å².